The molecule has 0 saturated heterocycles. The van der Waals surface area contributed by atoms with Crippen LogP contribution in [0.15, 0.2) is 18.2 Å². The van der Waals surface area contributed by atoms with Crippen molar-refractivity contribution in [3.8, 4) is 23.3 Å². The van der Waals surface area contributed by atoms with E-state index in [1.807, 2.05) is 18.2 Å². The maximum Gasteiger partial charge on any atom is 0.162 e. The predicted octanol–water partition coefficient (Wildman–Crippen LogP) is 1.16. The Morgan fingerprint density at radius 2 is 2.00 bits per heavy atom. The molecule has 0 spiro atoms. The largest absolute Gasteiger partial charge is 0.486 e. The van der Waals surface area contributed by atoms with Crippen LogP contribution >= 0.6 is 0 Å². The van der Waals surface area contributed by atoms with Crippen molar-refractivity contribution < 1.29 is 9.47 Å². The lowest BCUT2D eigenvalue weighted by atomic mass is 10.2. The first-order chi connectivity index (χ1) is 7.40. The molecular formula is C12H13NO2. The van der Waals surface area contributed by atoms with E-state index >= 15 is 0 Å². The fourth-order valence-corrected chi connectivity index (χ4v) is 1.36. The molecule has 2 rings (SSSR count). The van der Waals surface area contributed by atoms with Crippen LogP contribution in [0.3, 0.4) is 0 Å². The Kier molecular flexibility index (Phi) is 3.11. The van der Waals surface area contributed by atoms with Gasteiger partial charge >= 0.3 is 0 Å². The molecule has 1 aliphatic heterocycles. The van der Waals surface area contributed by atoms with Crippen LogP contribution < -0.4 is 15.2 Å². The van der Waals surface area contributed by atoms with Gasteiger partial charge in [-0.1, -0.05) is 11.8 Å². The van der Waals surface area contributed by atoms with Gasteiger partial charge in [0.05, 0.1) is 0 Å². The first kappa shape index (κ1) is 9.88. The average molecular weight is 203 g/mol. The highest BCUT2D eigenvalue weighted by atomic mass is 16.6. The predicted molar refractivity (Wildman–Crippen MR) is 58.0 cm³/mol. The molecule has 0 bridgehead atoms. The number of rotatable bonds is 1. The summed E-state index contributed by atoms with van der Waals surface area (Å²) in [7, 11) is 0. The van der Waals surface area contributed by atoms with Crippen LogP contribution in [0.5, 0.6) is 11.5 Å². The van der Waals surface area contributed by atoms with Crippen LogP contribution in [-0.2, 0) is 0 Å². The summed E-state index contributed by atoms with van der Waals surface area (Å²) in [6.07, 6.45) is 0.717. The maximum absolute atomic E-state index is 5.45. The van der Waals surface area contributed by atoms with Gasteiger partial charge in [-0.05, 0) is 18.2 Å². The van der Waals surface area contributed by atoms with Crippen molar-refractivity contribution in [2.45, 2.75) is 6.42 Å². The number of hydrogen-bond donors (Lipinski definition) is 1. The number of nitrogens with two attached hydrogens (primary N) is 1. The van der Waals surface area contributed by atoms with E-state index in [0.29, 0.717) is 26.2 Å². The average Bonchev–Trinajstić information content (AvgIpc) is 2.29. The molecule has 2 N–H and O–H groups in total. The topological polar surface area (TPSA) is 44.5 Å². The molecule has 1 aromatic rings. The Morgan fingerprint density at radius 3 is 2.80 bits per heavy atom. The molecule has 0 fully saturated rings. The second-order valence-electron chi connectivity index (χ2n) is 3.20. The summed E-state index contributed by atoms with van der Waals surface area (Å²) in [5.41, 5.74) is 6.29. The van der Waals surface area contributed by atoms with Crippen molar-refractivity contribution in [1.29, 1.82) is 0 Å². The second kappa shape index (κ2) is 4.72. The summed E-state index contributed by atoms with van der Waals surface area (Å²) < 4.78 is 10.9. The summed E-state index contributed by atoms with van der Waals surface area (Å²) in [5.74, 6) is 7.59. The van der Waals surface area contributed by atoms with Crippen LogP contribution in [0.2, 0.25) is 0 Å². The minimum atomic E-state index is 0.595. The van der Waals surface area contributed by atoms with Crippen LogP contribution in [0.25, 0.3) is 0 Å². The van der Waals surface area contributed by atoms with E-state index in [9.17, 15) is 0 Å². The van der Waals surface area contributed by atoms with E-state index in [-0.39, 0.29) is 0 Å². The maximum atomic E-state index is 5.45. The van der Waals surface area contributed by atoms with E-state index in [2.05, 4.69) is 11.8 Å². The zero-order valence-corrected chi connectivity index (χ0v) is 8.45. The summed E-state index contributed by atoms with van der Waals surface area (Å²) in [6.45, 7) is 1.81. The molecule has 15 heavy (non-hydrogen) atoms. The van der Waals surface area contributed by atoms with E-state index in [1.54, 1.807) is 0 Å². The van der Waals surface area contributed by atoms with Crippen LogP contribution in [0, 0.1) is 11.8 Å². The summed E-state index contributed by atoms with van der Waals surface area (Å²) in [4.78, 5) is 0. The minimum absolute atomic E-state index is 0.595. The van der Waals surface area contributed by atoms with E-state index in [0.717, 1.165) is 17.1 Å². The highest BCUT2D eigenvalue weighted by Gasteiger charge is 2.10. The molecule has 0 unspecified atom stereocenters. The lowest BCUT2D eigenvalue weighted by Gasteiger charge is -2.17. The first-order valence-electron chi connectivity index (χ1n) is 4.99. The highest BCUT2D eigenvalue weighted by molar-refractivity contribution is 5.48. The molecule has 0 saturated carbocycles. The molecule has 0 aromatic heterocycles. The van der Waals surface area contributed by atoms with Gasteiger partial charge in [-0.15, -0.1) is 0 Å². The minimum Gasteiger partial charge on any atom is -0.486 e. The highest BCUT2D eigenvalue weighted by Crippen LogP contribution is 2.30. The molecule has 0 aliphatic carbocycles. The third kappa shape index (κ3) is 2.42. The number of hydrogen-bond acceptors (Lipinski definition) is 3. The second-order valence-corrected chi connectivity index (χ2v) is 3.20. The van der Waals surface area contributed by atoms with Gasteiger partial charge < -0.3 is 15.2 Å². The zero-order valence-electron chi connectivity index (χ0n) is 8.45. The van der Waals surface area contributed by atoms with Crippen LogP contribution in [0.1, 0.15) is 12.0 Å². The molecule has 78 valence electrons. The smallest absolute Gasteiger partial charge is 0.162 e. The van der Waals surface area contributed by atoms with Gasteiger partial charge in [-0.25, -0.2) is 0 Å². The van der Waals surface area contributed by atoms with Gasteiger partial charge in [0.2, 0.25) is 0 Å². The van der Waals surface area contributed by atoms with Crippen molar-refractivity contribution in [1.82, 2.24) is 0 Å². The van der Waals surface area contributed by atoms with Crippen LogP contribution in [0.4, 0.5) is 0 Å². The Bertz CT molecular complexity index is 404. The first-order valence-corrected chi connectivity index (χ1v) is 4.99. The van der Waals surface area contributed by atoms with Gasteiger partial charge in [0.25, 0.3) is 0 Å². The Morgan fingerprint density at radius 1 is 1.20 bits per heavy atom. The van der Waals surface area contributed by atoms with Crippen molar-refractivity contribution >= 4 is 0 Å². The van der Waals surface area contributed by atoms with Gasteiger partial charge in [-0.2, -0.15) is 0 Å². The van der Waals surface area contributed by atoms with Crippen molar-refractivity contribution in [2.75, 3.05) is 19.8 Å². The molecular weight excluding hydrogens is 190 g/mol. The van der Waals surface area contributed by atoms with Crippen molar-refractivity contribution in [3.63, 3.8) is 0 Å². The Balaban J connectivity index is 2.18. The number of ether oxygens (including phenoxy) is 2. The van der Waals surface area contributed by atoms with E-state index in [1.165, 1.54) is 0 Å². The summed E-state index contributed by atoms with van der Waals surface area (Å²) in [6, 6.07) is 5.72. The standard InChI is InChI=1S/C12H13NO2/c13-6-2-1-3-10-4-5-11-12(9-10)15-8-7-14-11/h4-5,9H,2,6-8,13H2. The number of benzene rings is 1. The van der Waals surface area contributed by atoms with Crippen LogP contribution in [-0.4, -0.2) is 19.8 Å². The number of fused-ring (bicyclic) bond motifs is 1. The normalized spacial score (nSPS) is 12.9. The van der Waals surface area contributed by atoms with Gasteiger partial charge in [0.1, 0.15) is 13.2 Å². The van der Waals surface area contributed by atoms with E-state index < -0.39 is 0 Å². The monoisotopic (exact) mass is 203 g/mol. The molecule has 3 nitrogen and oxygen atoms in total. The molecule has 0 amide bonds. The van der Waals surface area contributed by atoms with Gasteiger partial charge in [0.15, 0.2) is 11.5 Å². The molecule has 0 atom stereocenters. The Labute approximate surface area is 89.2 Å². The lowest BCUT2D eigenvalue weighted by molar-refractivity contribution is 0.171. The van der Waals surface area contributed by atoms with Crippen molar-refractivity contribution in [2.24, 2.45) is 5.73 Å². The SMILES string of the molecule is NCCC#Cc1ccc2c(c1)OCCO2. The fraction of sp³-hybridized carbons (Fsp3) is 0.333. The summed E-state index contributed by atoms with van der Waals surface area (Å²) >= 11 is 0. The quantitative estimate of drug-likeness (QED) is 0.696. The Hall–Kier alpha value is -1.66. The lowest BCUT2D eigenvalue weighted by Crippen LogP contribution is -2.15. The molecule has 3 heteroatoms. The summed E-state index contributed by atoms with van der Waals surface area (Å²) in [5, 5.41) is 0. The van der Waals surface area contributed by atoms with Crippen molar-refractivity contribution in [3.05, 3.63) is 23.8 Å². The molecule has 1 aromatic carbocycles. The molecule has 0 radical (unpaired) electrons. The fourth-order valence-electron chi connectivity index (χ4n) is 1.36. The zero-order chi connectivity index (χ0) is 10.5. The van der Waals surface area contributed by atoms with Gasteiger partial charge in [-0.3, -0.25) is 0 Å². The van der Waals surface area contributed by atoms with Gasteiger partial charge in [0, 0.05) is 18.5 Å². The molecule has 1 aliphatic rings. The molecule has 1 heterocycles. The van der Waals surface area contributed by atoms with E-state index in [4.69, 9.17) is 15.2 Å². The third-order valence-corrected chi connectivity index (χ3v) is 2.04. The third-order valence-electron chi connectivity index (χ3n) is 2.04.